The van der Waals surface area contributed by atoms with E-state index < -0.39 is 0 Å². The molecule has 0 fully saturated rings. The smallest absolute Gasteiger partial charge is 0.140 e. The fourth-order valence-electron chi connectivity index (χ4n) is 1.37. The molecule has 0 bridgehead atoms. The van der Waals surface area contributed by atoms with E-state index >= 15 is 0 Å². The second-order valence-corrected chi connectivity index (χ2v) is 4.17. The number of hydrogen-bond donors (Lipinski definition) is 1. The van der Waals surface area contributed by atoms with Gasteiger partial charge in [0.1, 0.15) is 11.5 Å². The lowest BCUT2D eigenvalue weighted by Crippen LogP contribution is -1.88. The van der Waals surface area contributed by atoms with Crippen molar-refractivity contribution < 1.29 is 4.74 Å². The van der Waals surface area contributed by atoms with Crippen molar-refractivity contribution in [2.45, 2.75) is 4.90 Å². The van der Waals surface area contributed by atoms with E-state index in [1.54, 1.807) is 11.8 Å². The second-order valence-electron chi connectivity index (χ2n) is 3.32. The second kappa shape index (κ2) is 4.94. The summed E-state index contributed by atoms with van der Waals surface area (Å²) in [6.45, 7) is 0. The highest BCUT2D eigenvalue weighted by molar-refractivity contribution is 7.98. The van der Waals surface area contributed by atoms with Crippen molar-refractivity contribution in [2.24, 2.45) is 0 Å². The molecule has 82 valence electrons. The van der Waals surface area contributed by atoms with Gasteiger partial charge in [0, 0.05) is 10.6 Å². The summed E-state index contributed by atoms with van der Waals surface area (Å²) in [5.74, 6) is 1.68. The van der Waals surface area contributed by atoms with Gasteiger partial charge in [-0.1, -0.05) is 12.1 Å². The zero-order chi connectivity index (χ0) is 11.4. The maximum atomic E-state index is 5.78. The van der Waals surface area contributed by atoms with Gasteiger partial charge >= 0.3 is 0 Å². The molecule has 0 aliphatic carbocycles. The average Bonchev–Trinajstić information content (AvgIpc) is 2.33. The summed E-state index contributed by atoms with van der Waals surface area (Å²) >= 11 is 1.67. The average molecular weight is 231 g/mol. The SMILES string of the molecule is CSc1ccccc1Oc1ccc(N)cc1. The van der Waals surface area contributed by atoms with Crippen molar-refractivity contribution in [1.29, 1.82) is 0 Å². The van der Waals surface area contributed by atoms with Crippen LogP contribution in [0.2, 0.25) is 0 Å². The number of rotatable bonds is 3. The lowest BCUT2D eigenvalue weighted by Gasteiger charge is -2.09. The molecule has 0 aliphatic heterocycles. The molecule has 0 heterocycles. The zero-order valence-corrected chi connectivity index (χ0v) is 9.83. The Morgan fingerprint density at radius 3 is 2.38 bits per heavy atom. The summed E-state index contributed by atoms with van der Waals surface area (Å²) in [6.07, 6.45) is 2.03. The molecule has 2 N–H and O–H groups in total. The van der Waals surface area contributed by atoms with Crippen LogP contribution in [-0.2, 0) is 0 Å². The first-order chi connectivity index (χ1) is 7.79. The number of thioether (sulfide) groups is 1. The summed E-state index contributed by atoms with van der Waals surface area (Å²) < 4.78 is 5.78. The minimum atomic E-state index is 0.741. The molecule has 3 heteroatoms. The maximum absolute atomic E-state index is 5.78. The van der Waals surface area contributed by atoms with Gasteiger partial charge in [-0.2, -0.15) is 0 Å². The molecule has 0 spiro atoms. The van der Waals surface area contributed by atoms with Crippen LogP contribution in [0.5, 0.6) is 11.5 Å². The van der Waals surface area contributed by atoms with Crippen molar-refractivity contribution >= 4 is 17.4 Å². The number of para-hydroxylation sites is 1. The number of nitrogen functional groups attached to an aromatic ring is 1. The number of hydrogen-bond acceptors (Lipinski definition) is 3. The molecule has 0 saturated heterocycles. The van der Waals surface area contributed by atoms with Crippen molar-refractivity contribution in [2.75, 3.05) is 12.0 Å². The summed E-state index contributed by atoms with van der Waals surface area (Å²) in [5.41, 5.74) is 6.36. The molecule has 0 aliphatic rings. The first-order valence-electron chi connectivity index (χ1n) is 4.96. The van der Waals surface area contributed by atoms with Gasteiger partial charge in [0.2, 0.25) is 0 Å². The van der Waals surface area contributed by atoms with Gasteiger partial charge in [-0.05, 0) is 42.7 Å². The van der Waals surface area contributed by atoms with Gasteiger partial charge in [0.25, 0.3) is 0 Å². The molecule has 2 rings (SSSR count). The Bertz CT molecular complexity index is 468. The number of ether oxygens (including phenoxy) is 1. The van der Waals surface area contributed by atoms with Gasteiger partial charge in [-0.15, -0.1) is 11.8 Å². The van der Waals surface area contributed by atoms with Crippen LogP contribution in [0.15, 0.2) is 53.4 Å². The third kappa shape index (κ3) is 2.49. The highest BCUT2D eigenvalue weighted by Gasteiger charge is 2.02. The fourth-order valence-corrected chi connectivity index (χ4v) is 1.89. The highest BCUT2D eigenvalue weighted by atomic mass is 32.2. The van der Waals surface area contributed by atoms with E-state index in [-0.39, 0.29) is 0 Å². The molecule has 0 unspecified atom stereocenters. The van der Waals surface area contributed by atoms with Crippen LogP contribution in [0.1, 0.15) is 0 Å². The van der Waals surface area contributed by atoms with E-state index in [0.29, 0.717) is 0 Å². The molecule has 0 amide bonds. The predicted octanol–water partition coefficient (Wildman–Crippen LogP) is 3.78. The summed E-state index contributed by atoms with van der Waals surface area (Å²) in [5, 5.41) is 0. The van der Waals surface area contributed by atoms with E-state index in [0.717, 1.165) is 22.1 Å². The Morgan fingerprint density at radius 2 is 1.69 bits per heavy atom. The minimum Gasteiger partial charge on any atom is -0.456 e. The van der Waals surface area contributed by atoms with Crippen molar-refractivity contribution in [3.05, 3.63) is 48.5 Å². The fraction of sp³-hybridized carbons (Fsp3) is 0.0769. The molecular weight excluding hydrogens is 218 g/mol. The molecule has 16 heavy (non-hydrogen) atoms. The first kappa shape index (κ1) is 10.9. The highest BCUT2D eigenvalue weighted by Crippen LogP contribution is 2.31. The summed E-state index contributed by atoms with van der Waals surface area (Å²) in [7, 11) is 0. The van der Waals surface area contributed by atoms with E-state index in [1.165, 1.54) is 0 Å². The van der Waals surface area contributed by atoms with Crippen LogP contribution in [0.4, 0.5) is 5.69 Å². The topological polar surface area (TPSA) is 35.2 Å². The van der Waals surface area contributed by atoms with Crippen LogP contribution >= 0.6 is 11.8 Å². The molecular formula is C13H13NOS. The van der Waals surface area contributed by atoms with Crippen LogP contribution in [0.3, 0.4) is 0 Å². The number of nitrogens with two attached hydrogens (primary N) is 1. The van der Waals surface area contributed by atoms with Gasteiger partial charge in [0.15, 0.2) is 0 Å². The number of anilines is 1. The van der Waals surface area contributed by atoms with Crippen molar-refractivity contribution in [3.8, 4) is 11.5 Å². The molecule has 2 aromatic carbocycles. The first-order valence-corrected chi connectivity index (χ1v) is 6.18. The van der Waals surface area contributed by atoms with Crippen LogP contribution in [0, 0.1) is 0 Å². The number of benzene rings is 2. The molecule has 0 aromatic heterocycles. The van der Waals surface area contributed by atoms with Crippen LogP contribution in [0.25, 0.3) is 0 Å². The lowest BCUT2D eigenvalue weighted by molar-refractivity contribution is 0.471. The summed E-state index contributed by atoms with van der Waals surface area (Å²) in [6, 6.07) is 15.4. The Balaban J connectivity index is 2.23. The quantitative estimate of drug-likeness (QED) is 0.645. The third-order valence-corrected chi connectivity index (χ3v) is 2.95. The minimum absolute atomic E-state index is 0.741. The molecule has 0 atom stereocenters. The molecule has 2 nitrogen and oxygen atoms in total. The normalized spacial score (nSPS) is 10.1. The summed E-state index contributed by atoms with van der Waals surface area (Å²) in [4.78, 5) is 1.12. The van der Waals surface area contributed by atoms with E-state index in [4.69, 9.17) is 10.5 Å². The van der Waals surface area contributed by atoms with Crippen molar-refractivity contribution in [3.63, 3.8) is 0 Å². The maximum Gasteiger partial charge on any atom is 0.140 e. The van der Waals surface area contributed by atoms with Gasteiger partial charge in [-0.3, -0.25) is 0 Å². The molecule has 0 radical (unpaired) electrons. The van der Waals surface area contributed by atoms with E-state index in [1.807, 2.05) is 54.8 Å². The van der Waals surface area contributed by atoms with E-state index in [2.05, 4.69) is 0 Å². The monoisotopic (exact) mass is 231 g/mol. The molecule has 2 aromatic rings. The Kier molecular flexibility index (Phi) is 3.37. The zero-order valence-electron chi connectivity index (χ0n) is 9.01. The van der Waals surface area contributed by atoms with Crippen LogP contribution < -0.4 is 10.5 Å². The van der Waals surface area contributed by atoms with Crippen LogP contribution in [-0.4, -0.2) is 6.26 Å². The van der Waals surface area contributed by atoms with Gasteiger partial charge in [0.05, 0.1) is 0 Å². The lowest BCUT2D eigenvalue weighted by atomic mass is 10.3. The van der Waals surface area contributed by atoms with Crippen molar-refractivity contribution in [1.82, 2.24) is 0 Å². The van der Waals surface area contributed by atoms with E-state index in [9.17, 15) is 0 Å². The Labute approximate surface area is 99.4 Å². The predicted molar refractivity (Wildman–Crippen MR) is 69.2 cm³/mol. The van der Waals surface area contributed by atoms with Gasteiger partial charge < -0.3 is 10.5 Å². The largest absolute Gasteiger partial charge is 0.456 e. The third-order valence-electron chi connectivity index (χ3n) is 2.18. The Hall–Kier alpha value is -1.61. The van der Waals surface area contributed by atoms with Gasteiger partial charge in [-0.25, -0.2) is 0 Å². The Morgan fingerprint density at radius 1 is 1.00 bits per heavy atom. The molecule has 0 saturated carbocycles. The standard InChI is InChI=1S/C13H13NOS/c1-16-13-5-3-2-4-12(13)15-11-8-6-10(14)7-9-11/h2-9H,14H2,1H3.